The van der Waals surface area contributed by atoms with Crippen LogP contribution in [-0.2, 0) is 16.4 Å². The number of aromatic nitrogens is 3. The van der Waals surface area contributed by atoms with Crippen molar-refractivity contribution in [2.75, 3.05) is 11.4 Å². The van der Waals surface area contributed by atoms with Crippen LogP contribution in [0.25, 0.3) is 0 Å². The molecule has 1 aliphatic rings. The normalized spacial score (nSPS) is 18.0. The first kappa shape index (κ1) is 15.0. The van der Waals surface area contributed by atoms with Crippen LogP contribution in [0.3, 0.4) is 0 Å². The summed E-state index contributed by atoms with van der Waals surface area (Å²) in [4.78, 5) is 8.53. The summed E-state index contributed by atoms with van der Waals surface area (Å²) in [5.74, 6) is 1.28. The molecule has 0 radical (unpaired) electrons. The molecule has 118 valence electrons. The van der Waals surface area contributed by atoms with Gasteiger partial charge in [0.1, 0.15) is 11.6 Å². The van der Waals surface area contributed by atoms with Crippen molar-refractivity contribution in [1.29, 1.82) is 0 Å². The highest BCUT2D eigenvalue weighted by atomic mass is 32.2. The molecule has 22 heavy (non-hydrogen) atoms. The zero-order chi connectivity index (χ0) is 15.9. The summed E-state index contributed by atoms with van der Waals surface area (Å²) in [5, 5.41) is 0.101. The zero-order valence-corrected chi connectivity index (χ0v) is 13.8. The molecule has 0 aromatic carbocycles. The summed E-state index contributed by atoms with van der Waals surface area (Å²) in [6.45, 7) is 3.93. The Morgan fingerprint density at radius 1 is 1.41 bits per heavy atom. The van der Waals surface area contributed by atoms with Crippen molar-refractivity contribution in [2.24, 2.45) is 0 Å². The molecule has 0 fully saturated rings. The molecule has 7 heteroatoms. The van der Waals surface area contributed by atoms with E-state index in [1.54, 1.807) is 18.5 Å². The second-order valence-corrected chi connectivity index (χ2v) is 7.68. The van der Waals surface area contributed by atoms with Gasteiger partial charge in [0.25, 0.3) is 10.0 Å². The average Bonchev–Trinajstić information content (AvgIpc) is 2.93. The van der Waals surface area contributed by atoms with Crippen molar-refractivity contribution in [1.82, 2.24) is 14.5 Å². The molecule has 1 atom stereocenters. The van der Waals surface area contributed by atoms with Gasteiger partial charge in [-0.3, -0.25) is 4.31 Å². The number of hydrogen-bond acceptors (Lipinski definition) is 4. The van der Waals surface area contributed by atoms with E-state index in [0.29, 0.717) is 11.9 Å². The number of aryl methyl sites for hydroxylation is 2. The van der Waals surface area contributed by atoms with Crippen LogP contribution in [0.15, 0.2) is 29.6 Å². The number of fused-ring (bicyclic) bond motifs is 1. The van der Waals surface area contributed by atoms with E-state index in [2.05, 4.69) is 16.9 Å². The highest BCUT2D eigenvalue weighted by molar-refractivity contribution is 7.92. The molecule has 3 heterocycles. The number of hydrogen-bond donors (Lipinski definition) is 0. The molecule has 2 aromatic heterocycles. The van der Waals surface area contributed by atoms with E-state index in [1.807, 2.05) is 17.6 Å². The fourth-order valence-electron chi connectivity index (χ4n) is 2.85. The molecule has 0 amide bonds. The van der Waals surface area contributed by atoms with Crippen molar-refractivity contribution < 1.29 is 8.42 Å². The number of rotatable bonds is 3. The van der Waals surface area contributed by atoms with Crippen LogP contribution in [-0.4, -0.2) is 30.0 Å². The van der Waals surface area contributed by atoms with Crippen LogP contribution in [0, 0.1) is 6.92 Å². The van der Waals surface area contributed by atoms with Crippen LogP contribution in [0.1, 0.15) is 37.2 Å². The quantitative estimate of drug-likeness (QED) is 0.870. The number of nitrogens with zero attached hydrogens (tertiary/aromatic N) is 4. The van der Waals surface area contributed by atoms with E-state index < -0.39 is 10.0 Å². The average molecular weight is 320 g/mol. The Kier molecular flexibility index (Phi) is 3.68. The predicted molar refractivity (Wildman–Crippen MR) is 84.4 cm³/mol. The molecule has 2 aromatic rings. The van der Waals surface area contributed by atoms with Gasteiger partial charge in [0.05, 0.1) is 0 Å². The van der Waals surface area contributed by atoms with E-state index in [0.717, 1.165) is 30.7 Å². The minimum atomic E-state index is -3.69. The molecule has 6 nitrogen and oxygen atoms in total. The van der Waals surface area contributed by atoms with E-state index in [-0.39, 0.29) is 5.03 Å². The maximum atomic E-state index is 12.8. The third-order valence-electron chi connectivity index (χ3n) is 4.19. The van der Waals surface area contributed by atoms with Gasteiger partial charge in [0, 0.05) is 31.9 Å². The second kappa shape index (κ2) is 5.39. The summed E-state index contributed by atoms with van der Waals surface area (Å²) in [6.07, 6.45) is 6.18. The predicted octanol–water partition coefficient (Wildman–Crippen LogP) is 2.31. The first-order valence-corrected chi connectivity index (χ1v) is 8.83. The minimum absolute atomic E-state index is 0.101. The van der Waals surface area contributed by atoms with Crippen molar-refractivity contribution in [2.45, 2.75) is 44.2 Å². The Bertz CT molecular complexity index is 798. The molecule has 0 spiro atoms. The third-order valence-corrected chi connectivity index (χ3v) is 5.81. The lowest BCUT2D eigenvalue weighted by Gasteiger charge is -2.20. The molecule has 1 unspecified atom stereocenters. The van der Waals surface area contributed by atoms with Gasteiger partial charge in [-0.05, 0) is 38.3 Å². The molecular weight excluding hydrogens is 300 g/mol. The van der Waals surface area contributed by atoms with Crippen LogP contribution in [0.4, 0.5) is 5.82 Å². The maximum Gasteiger partial charge on any atom is 0.284 e. The molecule has 0 saturated carbocycles. The highest BCUT2D eigenvalue weighted by Crippen LogP contribution is 2.28. The molecule has 0 N–H and O–H groups in total. The lowest BCUT2D eigenvalue weighted by Crippen LogP contribution is -2.28. The van der Waals surface area contributed by atoms with Crippen molar-refractivity contribution in [3.05, 3.63) is 35.9 Å². The molecule has 3 rings (SSSR count). The summed E-state index contributed by atoms with van der Waals surface area (Å²) >= 11 is 0. The standard InChI is InChI=1S/C15H20N4O2S/c1-11-6-5-9-16-15(11)18(3)22(20,21)14-10-19-12(2)7-4-8-13(19)17-14/h5-6,9-10,12H,4,7-8H2,1-3H3. The fraction of sp³-hybridized carbons (Fsp3) is 0.467. The minimum Gasteiger partial charge on any atom is -0.331 e. The van der Waals surface area contributed by atoms with Crippen LogP contribution in [0.5, 0.6) is 0 Å². The van der Waals surface area contributed by atoms with Gasteiger partial charge in [0.15, 0.2) is 5.03 Å². The van der Waals surface area contributed by atoms with Crippen LogP contribution >= 0.6 is 0 Å². The number of imidazole rings is 1. The summed E-state index contributed by atoms with van der Waals surface area (Å²) in [6, 6.07) is 3.92. The lowest BCUT2D eigenvalue weighted by molar-refractivity contribution is 0.425. The van der Waals surface area contributed by atoms with Crippen LogP contribution < -0.4 is 4.31 Å². The first-order chi connectivity index (χ1) is 10.4. The Balaban J connectivity index is 2.02. The molecule has 0 aliphatic carbocycles. The summed E-state index contributed by atoms with van der Waals surface area (Å²) in [5.41, 5.74) is 0.811. The Hall–Kier alpha value is -1.89. The van der Waals surface area contributed by atoms with E-state index in [4.69, 9.17) is 0 Å². The van der Waals surface area contributed by atoms with Gasteiger partial charge in [-0.1, -0.05) is 6.07 Å². The smallest absolute Gasteiger partial charge is 0.284 e. The molecule has 0 saturated heterocycles. The molecular formula is C15H20N4O2S. The van der Waals surface area contributed by atoms with Crippen molar-refractivity contribution in [3.63, 3.8) is 0 Å². The van der Waals surface area contributed by atoms with Gasteiger partial charge in [0.2, 0.25) is 0 Å². The Morgan fingerprint density at radius 3 is 2.86 bits per heavy atom. The Labute approximate surface area is 130 Å². The van der Waals surface area contributed by atoms with Crippen LogP contribution in [0.2, 0.25) is 0 Å². The SMILES string of the molecule is Cc1cccnc1N(C)S(=O)(=O)c1cn2c(n1)CCCC2C. The van der Waals surface area contributed by atoms with Crippen molar-refractivity contribution in [3.8, 4) is 0 Å². The van der Waals surface area contributed by atoms with E-state index in [1.165, 1.54) is 11.4 Å². The monoisotopic (exact) mass is 320 g/mol. The van der Waals surface area contributed by atoms with E-state index >= 15 is 0 Å². The largest absolute Gasteiger partial charge is 0.331 e. The lowest BCUT2D eigenvalue weighted by atomic mass is 10.1. The Morgan fingerprint density at radius 2 is 2.18 bits per heavy atom. The zero-order valence-electron chi connectivity index (χ0n) is 13.0. The number of pyridine rings is 1. The van der Waals surface area contributed by atoms with Gasteiger partial charge in [-0.15, -0.1) is 0 Å². The number of anilines is 1. The summed E-state index contributed by atoms with van der Waals surface area (Å²) in [7, 11) is -2.17. The highest BCUT2D eigenvalue weighted by Gasteiger charge is 2.29. The van der Waals surface area contributed by atoms with Gasteiger partial charge < -0.3 is 4.57 Å². The van der Waals surface area contributed by atoms with Gasteiger partial charge in [-0.2, -0.15) is 8.42 Å². The molecule has 1 aliphatic heterocycles. The first-order valence-electron chi connectivity index (χ1n) is 7.39. The number of sulfonamides is 1. The summed E-state index contributed by atoms with van der Waals surface area (Å²) < 4.78 is 28.8. The van der Waals surface area contributed by atoms with Crippen molar-refractivity contribution >= 4 is 15.8 Å². The van der Waals surface area contributed by atoms with Gasteiger partial charge in [-0.25, -0.2) is 9.97 Å². The van der Waals surface area contributed by atoms with Gasteiger partial charge >= 0.3 is 0 Å². The topological polar surface area (TPSA) is 68.1 Å². The van der Waals surface area contributed by atoms with E-state index in [9.17, 15) is 8.42 Å². The molecule has 0 bridgehead atoms. The third kappa shape index (κ3) is 2.39. The fourth-order valence-corrected chi connectivity index (χ4v) is 4.02. The second-order valence-electron chi connectivity index (χ2n) is 5.76. The maximum absolute atomic E-state index is 12.8.